The van der Waals surface area contributed by atoms with Gasteiger partial charge >= 0.3 is 0 Å². The number of aryl methyl sites for hydroxylation is 2. The molecule has 0 saturated heterocycles. The number of nitrogens with one attached hydrogen (secondary N) is 1. The fraction of sp³-hybridized carbons (Fsp3) is 0.812. The lowest BCUT2D eigenvalue weighted by Crippen LogP contribution is -2.33. The molecule has 0 amide bonds. The number of aromatic nitrogens is 2. The van der Waals surface area contributed by atoms with E-state index in [1.807, 2.05) is 6.92 Å². The Bertz CT molecular complexity index is 412. The fourth-order valence-electron chi connectivity index (χ4n) is 3.11. The standard InChI is InChI=1S/C16H30N4O/c1-14-13-20(10-6-12-21-3)16(18-14)17-9-11-19(2)15-7-4-5-8-15/h13,15H,4-12H2,1-3H3,(H,17,18). The summed E-state index contributed by atoms with van der Waals surface area (Å²) in [5.74, 6) is 0.989. The number of methoxy groups -OCH3 is 1. The highest BCUT2D eigenvalue weighted by molar-refractivity contribution is 5.28. The molecule has 0 spiro atoms. The molecular weight excluding hydrogens is 264 g/mol. The first kappa shape index (κ1) is 16.3. The smallest absolute Gasteiger partial charge is 0.203 e. The van der Waals surface area contributed by atoms with Crippen LogP contribution in [0.15, 0.2) is 6.20 Å². The lowest BCUT2D eigenvalue weighted by atomic mass is 10.2. The van der Waals surface area contributed by atoms with Crippen LogP contribution in [0.25, 0.3) is 0 Å². The average molecular weight is 294 g/mol. The first-order valence-corrected chi connectivity index (χ1v) is 8.17. The molecule has 21 heavy (non-hydrogen) atoms. The van der Waals surface area contributed by atoms with Gasteiger partial charge in [-0.3, -0.25) is 0 Å². The Kier molecular flexibility index (Phi) is 6.51. The minimum atomic E-state index is 0.787. The lowest BCUT2D eigenvalue weighted by molar-refractivity contribution is 0.190. The van der Waals surface area contributed by atoms with Gasteiger partial charge in [-0.05, 0) is 33.2 Å². The van der Waals surface area contributed by atoms with Gasteiger partial charge in [0.15, 0.2) is 0 Å². The highest BCUT2D eigenvalue weighted by Gasteiger charge is 2.18. The summed E-state index contributed by atoms with van der Waals surface area (Å²) in [5.41, 5.74) is 1.07. The summed E-state index contributed by atoms with van der Waals surface area (Å²) in [6, 6.07) is 0.787. The van der Waals surface area contributed by atoms with E-state index in [9.17, 15) is 0 Å². The monoisotopic (exact) mass is 294 g/mol. The highest BCUT2D eigenvalue weighted by Crippen LogP contribution is 2.22. The summed E-state index contributed by atoms with van der Waals surface area (Å²) in [5, 5.41) is 3.48. The molecule has 0 aromatic carbocycles. The van der Waals surface area contributed by atoms with Crippen molar-refractivity contribution in [3.63, 3.8) is 0 Å². The molecule has 5 heteroatoms. The van der Waals surface area contributed by atoms with Gasteiger partial charge in [-0.25, -0.2) is 4.98 Å². The maximum atomic E-state index is 5.12. The van der Waals surface area contributed by atoms with Gasteiger partial charge in [-0.15, -0.1) is 0 Å². The number of hydrogen-bond donors (Lipinski definition) is 1. The Hall–Kier alpha value is -1.07. The molecule has 0 bridgehead atoms. The summed E-state index contributed by atoms with van der Waals surface area (Å²) < 4.78 is 7.32. The largest absolute Gasteiger partial charge is 0.385 e. The van der Waals surface area contributed by atoms with E-state index in [0.717, 1.165) is 50.3 Å². The minimum absolute atomic E-state index is 0.787. The number of imidazole rings is 1. The number of rotatable bonds is 9. The zero-order chi connectivity index (χ0) is 15.1. The molecule has 1 aromatic heterocycles. The van der Waals surface area contributed by atoms with E-state index < -0.39 is 0 Å². The van der Waals surface area contributed by atoms with Crippen LogP contribution in [0.5, 0.6) is 0 Å². The second kappa shape index (κ2) is 8.39. The molecule has 0 aliphatic heterocycles. The molecule has 2 rings (SSSR count). The molecule has 1 aliphatic rings. The summed E-state index contributed by atoms with van der Waals surface area (Å²) in [7, 11) is 3.99. The van der Waals surface area contributed by atoms with E-state index >= 15 is 0 Å². The molecular formula is C16H30N4O. The summed E-state index contributed by atoms with van der Waals surface area (Å²) in [4.78, 5) is 7.07. The van der Waals surface area contributed by atoms with E-state index in [2.05, 4.69) is 33.0 Å². The van der Waals surface area contributed by atoms with Gasteiger partial charge in [0.2, 0.25) is 5.95 Å². The normalized spacial score (nSPS) is 16.0. The van der Waals surface area contributed by atoms with Crippen molar-refractivity contribution in [2.45, 2.75) is 51.6 Å². The van der Waals surface area contributed by atoms with Crippen LogP contribution in [-0.2, 0) is 11.3 Å². The zero-order valence-electron chi connectivity index (χ0n) is 13.8. The Morgan fingerprint density at radius 3 is 2.90 bits per heavy atom. The van der Waals surface area contributed by atoms with Crippen LogP contribution in [0.3, 0.4) is 0 Å². The molecule has 1 saturated carbocycles. The van der Waals surface area contributed by atoms with Crippen LogP contribution in [0, 0.1) is 6.92 Å². The third kappa shape index (κ3) is 5.00. The number of anilines is 1. The van der Waals surface area contributed by atoms with Crippen LogP contribution < -0.4 is 5.32 Å². The lowest BCUT2D eigenvalue weighted by Gasteiger charge is -2.24. The molecule has 5 nitrogen and oxygen atoms in total. The van der Waals surface area contributed by atoms with Crippen molar-refractivity contribution in [1.29, 1.82) is 0 Å². The predicted molar refractivity (Wildman–Crippen MR) is 86.8 cm³/mol. The van der Waals surface area contributed by atoms with Crippen LogP contribution in [-0.4, -0.2) is 54.3 Å². The van der Waals surface area contributed by atoms with Gasteiger partial charge in [0, 0.05) is 45.6 Å². The minimum Gasteiger partial charge on any atom is -0.385 e. The van der Waals surface area contributed by atoms with Gasteiger partial charge in [0.1, 0.15) is 0 Å². The Morgan fingerprint density at radius 1 is 1.43 bits per heavy atom. The van der Waals surface area contributed by atoms with Crippen molar-refractivity contribution >= 4 is 5.95 Å². The topological polar surface area (TPSA) is 42.3 Å². The van der Waals surface area contributed by atoms with Crippen LogP contribution >= 0.6 is 0 Å². The van der Waals surface area contributed by atoms with Gasteiger partial charge in [0.25, 0.3) is 0 Å². The molecule has 1 aromatic rings. The number of nitrogens with zero attached hydrogens (tertiary/aromatic N) is 3. The summed E-state index contributed by atoms with van der Waals surface area (Å²) in [6.07, 6.45) is 8.64. The van der Waals surface area contributed by atoms with Gasteiger partial charge < -0.3 is 19.5 Å². The third-order valence-electron chi connectivity index (χ3n) is 4.34. The molecule has 120 valence electrons. The highest BCUT2D eigenvalue weighted by atomic mass is 16.5. The van der Waals surface area contributed by atoms with Crippen molar-refractivity contribution in [1.82, 2.24) is 14.5 Å². The number of likely N-dealkylation sites (N-methyl/N-ethyl adjacent to an activating group) is 1. The third-order valence-corrected chi connectivity index (χ3v) is 4.34. The molecule has 0 unspecified atom stereocenters. The van der Waals surface area contributed by atoms with Gasteiger partial charge in [-0.2, -0.15) is 0 Å². The Morgan fingerprint density at radius 2 is 2.19 bits per heavy atom. The van der Waals surface area contributed by atoms with Crippen molar-refractivity contribution < 1.29 is 4.74 Å². The first-order chi connectivity index (χ1) is 10.2. The molecule has 1 fully saturated rings. The number of hydrogen-bond acceptors (Lipinski definition) is 4. The van der Waals surface area contributed by atoms with E-state index in [1.54, 1.807) is 7.11 Å². The SMILES string of the molecule is COCCCn1cc(C)nc1NCCN(C)C1CCCC1. The maximum absolute atomic E-state index is 5.12. The molecule has 1 heterocycles. The van der Waals surface area contributed by atoms with Crippen LogP contribution in [0.4, 0.5) is 5.95 Å². The molecule has 1 N–H and O–H groups in total. The summed E-state index contributed by atoms with van der Waals surface area (Å²) >= 11 is 0. The Balaban J connectivity index is 1.76. The van der Waals surface area contributed by atoms with Gasteiger partial charge in [-0.1, -0.05) is 12.8 Å². The quantitative estimate of drug-likeness (QED) is 0.711. The second-order valence-corrected chi connectivity index (χ2v) is 6.09. The van der Waals surface area contributed by atoms with Gasteiger partial charge in [0.05, 0.1) is 5.69 Å². The summed E-state index contributed by atoms with van der Waals surface area (Å²) in [6.45, 7) is 5.82. The van der Waals surface area contributed by atoms with Crippen LogP contribution in [0.2, 0.25) is 0 Å². The van der Waals surface area contributed by atoms with Crippen molar-refractivity contribution in [2.24, 2.45) is 0 Å². The number of ether oxygens (including phenoxy) is 1. The van der Waals surface area contributed by atoms with Crippen molar-refractivity contribution in [2.75, 3.05) is 39.2 Å². The van der Waals surface area contributed by atoms with Crippen molar-refractivity contribution in [3.05, 3.63) is 11.9 Å². The van der Waals surface area contributed by atoms with E-state index in [-0.39, 0.29) is 0 Å². The van der Waals surface area contributed by atoms with E-state index in [0.29, 0.717) is 0 Å². The zero-order valence-corrected chi connectivity index (χ0v) is 13.8. The second-order valence-electron chi connectivity index (χ2n) is 6.09. The maximum Gasteiger partial charge on any atom is 0.203 e. The van der Waals surface area contributed by atoms with Crippen LogP contribution in [0.1, 0.15) is 37.8 Å². The molecule has 0 atom stereocenters. The van der Waals surface area contributed by atoms with E-state index in [1.165, 1.54) is 25.7 Å². The fourth-order valence-corrected chi connectivity index (χ4v) is 3.11. The van der Waals surface area contributed by atoms with Crippen molar-refractivity contribution in [3.8, 4) is 0 Å². The Labute approximate surface area is 128 Å². The average Bonchev–Trinajstić information content (AvgIpc) is 3.09. The first-order valence-electron chi connectivity index (χ1n) is 8.17. The molecule has 1 aliphatic carbocycles. The molecule has 0 radical (unpaired) electrons. The van der Waals surface area contributed by atoms with E-state index in [4.69, 9.17) is 4.74 Å². The predicted octanol–water partition coefficient (Wildman–Crippen LogP) is 2.51.